The Morgan fingerprint density at radius 1 is 0.264 bits per heavy atom. The molecule has 0 bridgehead atoms. The van der Waals surface area contributed by atoms with Crippen molar-refractivity contribution in [1.29, 1.82) is 0 Å². The van der Waals surface area contributed by atoms with Gasteiger partial charge in [0.05, 0.1) is 0 Å². The van der Waals surface area contributed by atoms with Crippen molar-refractivity contribution < 1.29 is 28.6 Å². The number of ether oxygens (including phenoxy) is 3. The van der Waals surface area contributed by atoms with Gasteiger partial charge < -0.3 is 14.2 Å². The molecule has 6 heteroatoms. The maximum Gasteiger partial charge on any atom is 0.306 e. The van der Waals surface area contributed by atoms with E-state index in [2.05, 4.69) is 45.1 Å². The number of allylic oxidation sites excluding steroid dienone is 4. The van der Waals surface area contributed by atoms with Crippen LogP contribution in [-0.2, 0) is 28.6 Å². The lowest BCUT2D eigenvalue weighted by Gasteiger charge is -2.18. The van der Waals surface area contributed by atoms with Gasteiger partial charge in [0, 0.05) is 19.3 Å². The van der Waals surface area contributed by atoms with E-state index in [1.54, 1.807) is 0 Å². The molecule has 0 fully saturated rings. The van der Waals surface area contributed by atoms with Crippen LogP contribution in [0.4, 0.5) is 0 Å². The first-order chi connectivity index (χ1) is 35.5. The summed E-state index contributed by atoms with van der Waals surface area (Å²) in [4.78, 5) is 38.3. The zero-order chi connectivity index (χ0) is 52.2. The van der Waals surface area contributed by atoms with Crippen molar-refractivity contribution in [2.75, 3.05) is 13.2 Å². The van der Waals surface area contributed by atoms with Crippen molar-refractivity contribution in [1.82, 2.24) is 0 Å². The zero-order valence-corrected chi connectivity index (χ0v) is 48.7. The molecule has 0 N–H and O–H groups in total. The maximum atomic E-state index is 12.9. The lowest BCUT2D eigenvalue weighted by Crippen LogP contribution is -2.30. The van der Waals surface area contributed by atoms with E-state index in [1.165, 1.54) is 257 Å². The fraction of sp³-hybridized carbons (Fsp3) is 0.894. The summed E-state index contributed by atoms with van der Waals surface area (Å²) in [5.41, 5.74) is 0. The molecule has 0 rings (SSSR count). The summed E-state index contributed by atoms with van der Waals surface area (Å²) in [5, 5.41) is 0. The molecule has 0 spiro atoms. The predicted octanol–water partition coefficient (Wildman–Crippen LogP) is 21.8. The second-order valence-electron chi connectivity index (χ2n) is 22.0. The van der Waals surface area contributed by atoms with Gasteiger partial charge in [-0.25, -0.2) is 0 Å². The Kier molecular flexibility index (Phi) is 59.6. The number of carbonyl (C=O) groups is 3. The van der Waals surface area contributed by atoms with E-state index in [1.807, 2.05) is 0 Å². The highest BCUT2D eigenvalue weighted by Gasteiger charge is 2.19. The second kappa shape index (κ2) is 61.4. The maximum absolute atomic E-state index is 12.9. The Morgan fingerprint density at radius 3 is 0.694 bits per heavy atom. The molecule has 0 aromatic carbocycles. The number of esters is 3. The van der Waals surface area contributed by atoms with Gasteiger partial charge in [-0.1, -0.05) is 295 Å². The SMILES string of the molecule is CCCCCCCC/C=C\CCCCCCCC(=O)OCC(COC(=O)CCCCCCCCCCCCCCCCCCCCCCC)OC(=O)CCCCCCCCC/C=C\CCCCCCCCC. The third kappa shape index (κ3) is 58.8. The van der Waals surface area contributed by atoms with Gasteiger partial charge in [-0.3, -0.25) is 14.4 Å². The number of unbranched alkanes of at least 4 members (excludes halogenated alkanes) is 45. The molecule has 0 aromatic rings. The monoisotopic (exact) mass is 1010 g/mol. The van der Waals surface area contributed by atoms with Crippen LogP contribution in [0.15, 0.2) is 24.3 Å². The van der Waals surface area contributed by atoms with Gasteiger partial charge in [0.2, 0.25) is 0 Å². The average molecular weight is 1010 g/mol. The third-order valence-electron chi connectivity index (χ3n) is 14.7. The van der Waals surface area contributed by atoms with Gasteiger partial charge in [-0.05, 0) is 70.6 Å². The molecule has 72 heavy (non-hydrogen) atoms. The lowest BCUT2D eigenvalue weighted by atomic mass is 10.0. The number of rotatable bonds is 60. The van der Waals surface area contributed by atoms with Crippen LogP contribution in [0.25, 0.3) is 0 Å². The van der Waals surface area contributed by atoms with Crippen molar-refractivity contribution >= 4 is 17.9 Å². The molecule has 1 unspecified atom stereocenters. The van der Waals surface area contributed by atoms with Gasteiger partial charge >= 0.3 is 17.9 Å². The molecule has 0 aliphatic carbocycles. The van der Waals surface area contributed by atoms with Crippen molar-refractivity contribution in [3.63, 3.8) is 0 Å². The number of hydrogen-bond donors (Lipinski definition) is 0. The molecule has 0 radical (unpaired) electrons. The van der Waals surface area contributed by atoms with E-state index >= 15 is 0 Å². The van der Waals surface area contributed by atoms with E-state index in [0.29, 0.717) is 19.3 Å². The molecular formula is C66H124O6. The minimum absolute atomic E-state index is 0.0706. The topological polar surface area (TPSA) is 78.9 Å². The smallest absolute Gasteiger partial charge is 0.306 e. The van der Waals surface area contributed by atoms with Crippen molar-refractivity contribution in [3.05, 3.63) is 24.3 Å². The van der Waals surface area contributed by atoms with Crippen molar-refractivity contribution in [2.24, 2.45) is 0 Å². The van der Waals surface area contributed by atoms with Crippen molar-refractivity contribution in [2.45, 2.75) is 367 Å². The first-order valence-electron chi connectivity index (χ1n) is 32.3. The summed E-state index contributed by atoms with van der Waals surface area (Å²) in [6.07, 6.45) is 73.3. The molecular weight excluding hydrogens is 889 g/mol. The Labute approximate surface area is 449 Å². The molecule has 0 aromatic heterocycles. The van der Waals surface area contributed by atoms with E-state index < -0.39 is 6.10 Å². The third-order valence-corrected chi connectivity index (χ3v) is 14.7. The van der Waals surface area contributed by atoms with Crippen LogP contribution in [-0.4, -0.2) is 37.2 Å². The summed E-state index contributed by atoms with van der Waals surface area (Å²) in [6.45, 7) is 6.69. The molecule has 424 valence electrons. The highest BCUT2D eigenvalue weighted by Crippen LogP contribution is 2.18. The average Bonchev–Trinajstić information content (AvgIpc) is 3.38. The second-order valence-corrected chi connectivity index (χ2v) is 22.0. The number of hydrogen-bond acceptors (Lipinski definition) is 6. The summed E-state index contributed by atoms with van der Waals surface area (Å²) in [6, 6.07) is 0. The van der Waals surface area contributed by atoms with E-state index in [4.69, 9.17) is 14.2 Å². The number of carbonyl (C=O) groups excluding carboxylic acids is 3. The van der Waals surface area contributed by atoms with Crippen LogP contribution >= 0.6 is 0 Å². The van der Waals surface area contributed by atoms with Crippen LogP contribution in [0.3, 0.4) is 0 Å². The fourth-order valence-electron chi connectivity index (χ4n) is 9.79. The van der Waals surface area contributed by atoms with E-state index in [0.717, 1.165) is 64.2 Å². The van der Waals surface area contributed by atoms with E-state index in [9.17, 15) is 14.4 Å². The van der Waals surface area contributed by atoms with Crippen LogP contribution < -0.4 is 0 Å². The normalized spacial score (nSPS) is 12.1. The Bertz CT molecular complexity index is 1160. The van der Waals surface area contributed by atoms with Crippen LogP contribution in [0.2, 0.25) is 0 Å². The van der Waals surface area contributed by atoms with Gasteiger partial charge in [-0.15, -0.1) is 0 Å². The van der Waals surface area contributed by atoms with Crippen LogP contribution in [0.1, 0.15) is 361 Å². The lowest BCUT2D eigenvalue weighted by molar-refractivity contribution is -0.167. The quantitative estimate of drug-likeness (QED) is 0.0261. The predicted molar refractivity (Wildman–Crippen MR) is 312 cm³/mol. The van der Waals surface area contributed by atoms with Crippen LogP contribution in [0.5, 0.6) is 0 Å². The molecule has 0 aliphatic heterocycles. The Hall–Kier alpha value is -2.11. The minimum Gasteiger partial charge on any atom is -0.462 e. The molecule has 0 saturated carbocycles. The van der Waals surface area contributed by atoms with Crippen LogP contribution in [0, 0.1) is 0 Å². The first kappa shape index (κ1) is 69.9. The Morgan fingerprint density at radius 2 is 0.458 bits per heavy atom. The molecule has 0 aliphatic rings. The molecule has 0 heterocycles. The molecule has 1 atom stereocenters. The van der Waals surface area contributed by atoms with Gasteiger partial charge in [-0.2, -0.15) is 0 Å². The highest BCUT2D eigenvalue weighted by molar-refractivity contribution is 5.71. The summed E-state index contributed by atoms with van der Waals surface area (Å²) in [5.74, 6) is -0.857. The molecule has 0 saturated heterocycles. The molecule has 6 nitrogen and oxygen atoms in total. The van der Waals surface area contributed by atoms with E-state index in [-0.39, 0.29) is 31.1 Å². The highest BCUT2D eigenvalue weighted by atomic mass is 16.6. The standard InChI is InChI=1S/C66H124O6/c1-4-7-10-13-16-19-22-25-28-30-32-33-34-36-38-41-44-47-50-53-56-59-65(68)71-62-63(61-70-64(67)58-55-52-49-46-43-40-37-27-24-21-18-15-12-9-6-3)72-66(69)60-57-54-51-48-45-42-39-35-31-29-26-23-20-17-14-11-8-5-2/h27,29,31,37,63H,4-26,28,30,32-36,38-62H2,1-3H3/b31-29-,37-27-. The van der Waals surface area contributed by atoms with Gasteiger partial charge in [0.1, 0.15) is 13.2 Å². The Balaban J connectivity index is 4.30. The van der Waals surface area contributed by atoms with Gasteiger partial charge in [0.25, 0.3) is 0 Å². The zero-order valence-electron chi connectivity index (χ0n) is 48.7. The first-order valence-corrected chi connectivity index (χ1v) is 32.3. The summed E-state index contributed by atoms with van der Waals surface area (Å²) >= 11 is 0. The van der Waals surface area contributed by atoms with Gasteiger partial charge in [0.15, 0.2) is 6.10 Å². The molecule has 0 amide bonds. The minimum atomic E-state index is -0.774. The van der Waals surface area contributed by atoms with Crippen molar-refractivity contribution in [3.8, 4) is 0 Å². The largest absolute Gasteiger partial charge is 0.462 e. The fourth-order valence-corrected chi connectivity index (χ4v) is 9.79. The summed E-state index contributed by atoms with van der Waals surface area (Å²) < 4.78 is 16.9. The summed E-state index contributed by atoms with van der Waals surface area (Å²) in [7, 11) is 0.